The average Bonchev–Trinajstić information content (AvgIpc) is 2.76. The molecule has 3 aromatic heterocycles. The van der Waals surface area contributed by atoms with Crippen LogP contribution in [0.15, 0.2) is 60.9 Å². The van der Waals surface area contributed by atoms with Gasteiger partial charge in [-0.25, -0.2) is 14.2 Å². The number of non-ortho nitro benzene ring substituents is 1. The van der Waals surface area contributed by atoms with Gasteiger partial charge in [0.2, 0.25) is 10.6 Å². The number of anilines is 1. The smallest absolute Gasteiger partial charge is 0.410 e. The fourth-order valence-electron chi connectivity index (χ4n) is 7.78. The number of carbonyl (C=O) groups excluding carboxylic acids is 1. The Morgan fingerprint density at radius 2 is 1.46 bits per heavy atom. The monoisotopic (exact) mass is 1230 g/mol. The molecule has 1 aliphatic heterocycles. The lowest BCUT2D eigenvalue weighted by Crippen LogP contribution is -2.44. The van der Waals surface area contributed by atoms with Gasteiger partial charge in [-0.05, 0) is 35.4 Å². The summed E-state index contributed by atoms with van der Waals surface area (Å²) in [5.41, 5.74) is 1.46. The minimum atomic E-state index is -5.10. The van der Waals surface area contributed by atoms with Crippen molar-refractivity contribution in [2.45, 2.75) is 49.6 Å². The summed E-state index contributed by atoms with van der Waals surface area (Å²) >= 11 is 13.1. The standard InChI is InChI=1S/C49H69Cl2N10O21P/c1-71-34-49(33-62,83(68,69)70)80-32-41-42(63)43(64)46(82-41)60-45-39(28-53-60)44(54-47(51)55-45)58(29-35-4-2-3-5-40(35)50)11-14-73-17-20-76-24-25-78-26-27-79-31-36-30-59(57-56-36)12-15-74-18-21-77-23-22-75-19-16-72-13-10-52-48(65)81-38-8-6-37(7-9-38)61(66)67/h2-9,28,30,41-43,46,62-64H,10-27,29,31-34H2,1H3,(H,52,65)(H2,68,69,70)/t41-,42-,43-,46-,49?/m1/s1. The number of aromatic nitrogens is 7. The summed E-state index contributed by atoms with van der Waals surface area (Å²) in [6, 6.07) is 12.4. The molecule has 0 spiro atoms. The van der Waals surface area contributed by atoms with E-state index in [9.17, 15) is 44.6 Å². The van der Waals surface area contributed by atoms with Crippen LogP contribution in [-0.4, -0.2) is 234 Å². The summed E-state index contributed by atoms with van der Waals surface area (Å²) < 4.78 is 81.4. The zero-order valence-corrected chi connectivity index (χ0v) is 47.7. The quantitative estimate of drug-likeness (QED) is 0.0107. The van der Waals surface area contributed by atoms with E-state index >= 15 is 0 Å². The van der Waals surface area contributed by atoms with Crippen LogP contribution in [0.3, 0.4) is 0 Å². The Hall–Kier alpha value is -5.23. The van der Waals surface area contributed by atoms with Crippen LogP contribution in [0.2, 0.25) is 10.3 Å². The first-order chi connectivity index (χ1) is 40.1. The fourth-order valence-corrected chi connectivity index (χ4v) is 8.86. The Kier molecular flexibility index (Phi) is 28.4. The predicted octanol–water partition coefficient (Wildman–Crippen LogP) is 1.91. The second kappa shape index (κ2) is 35.3. The summed E-state index contributed by atoms with van der Waals surface area (Å²) in [6.07, 6.45) is -3.38. The van der Waals surface area contributed by atoms with Crippen molar-refractivity contribution in [1.82, 2.24) is 40.1 Å². The highest BCUT2D eigenvalue weighted by molar-refractivity contribution is 7.53. The van der Waals surface area contributed by atoms with Crippen LogP contribution in [0.4, 0.5) is 16.3 Å². The summed E-state index contributed by atoms with van der Waals surface area (Å²) in [4.78, 5) is 52.6. The summed E-state index contributed by atoms with van der Waals surface area (Å²) in [6.45, 7) is 4.10. The highest BCUT2D eigenvalue weighted by Crippen LogP contribution is 2.51. The molecule has 1 aliphatic rings. The van der Waals surface area contributed by atoms with E-state index in [4.69, 9.17) is 80.0 Å². The van der Waals surface area contributed by atoms with E-state index in [-0.39, 0.29) is 61.9 Å². The molecular weight excluding hydrogens is 1170 g/mol. The zero-order valence-electron chi connectivity index (χ0n) is 45.3. The van der Waals surface area contributed by atoms with Gasteiger partial charge in [0.1, 0.15) is 35.6 Å². The van der Waals surface area contributed by atoms with Gasteiger partial charge >= 0.3 is 13.7 Å². The molecule has 31 nitrogen and oxygen atoms in total. The number of nitro benzene ring substituents is 1. The van der Waals surface area contributed by atoms with Crippen molar-refractivity contribution in [3.05, 3.63) is 92.6 Å². The molecule has 83 heavy (non-hydrogen) atoms. The molecule has 0 aliphatic carbocycles. The maximum atomic E-state index is 12.3. The molecular formula is C49H69Cl2N10O21P. The number of halogens is 2. The van der Waals surface area contributed by atoms with Gasteiger partial charge < -0.3 is 92.2 Å². The number of nitrogens with zero attached hydrogens (tertiary/aromatic N) is 9. The Morgan fingerprint density at radius 1 is 0.843 bits per heavy atom. The van der Waals surface area contributed by atoms with Gasteiger partial charge in [0.15, 0.2) is 11.9 Å². The van der Waals surface area contributed by atoms with Crippen molar-refractivity contribution in [2.75, 3.05) is 144 Å². The number of methoxy groups -OCH3 is 1. The molecule has 0 radical (unpaired) electrons. The van der Waals surface area contributed by atoms with Crippen molar-refractivity contribution in [3.63, 3.8) is 0 Å². The lowest BCUT2D eigenvalue weighted by atomic mass is 10.1. The number of hydrogen-bond donors (Lipinski definition) is 6. The van der Waals surface area contributed by atoms with Gasteiger partial charge in [0.25, 0.3) is 5.69 Å². The number of amides is 1. The molecule has 6 N–H and O–H groups in total. The van der Waals surface area contributed by atoms with E-state index in [0.717, 1.165) is 5.56 Å². The first kappa shape index (κ1) is 66.9. The van der Waals surface area contributed by atoms with Crippen LogP contribution >= 0.6 is 30.8 Å². The fraction of sp³-hybridized carbons (Fsp3) is 0.592. The zero-order chi connectivity index (χ0) is 59.5. The highest BCUT2D eigenvalue weighted by atomic mass is 35.5. The largest absolute Gasteiger partial charge is 0.412 e. The van der Waals surface area contributed by atoms with Gasteiger partial charge in [-0.2, -0.15) is 15.1 Å². The van der Waals surface area contributed by atoms with Gasteiger partial charge in [-0.3, -0.25) is 14.7 Å². The number of hydrogen-bond acceptors (Lipinski definition) is 25. The van der Waals surface area contributed by atoms with Crippen LogP contribution in [0.25, 0.3) is 11.0 Å². The number of fused-ring (bicyclic) bond motifs is 1. The Morgan fingerprint density at radius 3 is 2.07 bits per heavy atom. The molecule has 1 fully saturated rings. The number of ether oxygens (including phenoxy) is 12. The van der Waals surface area contributed by atoms with E-state index in [1.54, 1.807) is 23.0 Å². The molecule has 4 heterocycles. The van der Waals surface area contributed by atoms with Crippen LogP contribution in [0.5, 0.6) is 5.75 Å². The van der Waals surface area contributed by atoms with E-state index in [0.29, 0.717) is 114 Å². The summed E-state index contributed by atoms with van der Waals surface area (Å²) in [5, 5.41) is 56.1. The number of nitro groups is 1. The summed E-state index contributed by atoms with van der Waals surface area (Å²) in [7, 11) is -3.93. The molecule has 2 aromatic carbocycles. The van der Waals surface area contributed by atoms with Crippen molar-refractivity contribution in [2.24, 2.45) is 0 Å². The first-order valence-corrected chi connectivity index (χ1v) is 28.4. The minimum absolute atomic E-state index is 0.104. The SMILES string of the molecule is COCC(CO)(OC[C@H]1O[C@@H](n2ncc3c(N(CCOCCOCCOCCOCc4cn(CCOCCOCCOCCOCCNC(=O)Oc5ccc([N+](=O)[O-])cc5)nn4)Cc4ccccc4Cl)nc(Cl)nc32)[C@H](O)[C@@H]1O)P(=O)(O)O. The molecule has 1 unspecified atom stereocenters. The van der Waals surface area contributed by atoms with E-state index < -0.39 is 68.3 Å². The van der Waals surface area contributed by atoms with Crippen LogP contribution in [0.1, 0.15) is 17.5 Å². The predicted molar refractivity (Wildman–Crippen MR) is 291 cm³/mol. The number of aliphatic hydroxyl groups is 3. The lowest BCUT2D eigenvalue weighted by molar-refractivity contribution is -0.384. The van der Waals surface area contributed by atoms with Crippen molar-refractivity contribution >= 4 is 59.4 Å². The first-order valence-electron chi connectivity index (χ1n) is 26.0. The normalized spacial score (nSPS) is 17.1. The molecule has 5 aromatic rings. The molecule has 1 saturated heterocycles. The number of aliphatic hydroxyl groups excluding tert-OH is 3. The van der Waals surface area contributed by atoms with Gasteiger partial charge in [-0.15, -0.1) is 5.10 Å². The molecule has 1 amide bonds. The van der Waals surface area contributed by atoms with E-state index in [2.05, 4.69) is 30.7 Å². The molecule has 6 rings (SSSR count). The number of benzene rings is 2. The van der Waals surface area contributed by atoms with Crippen LogP contribution in [0, 0.1) is 10.1 Å². The van der Waals surface area contributed by atoms with Crippen LogP contribution < -0.4 is 15.0 Å². The van der Waals surface area contributed by atoms with Gasteiger partial charge in [0, 0.05) is 43.9 Å². The summed E-state index contributed by atoms with van der Waals surface area (Å²) in [5.74, 6) is 0.531. The molecule has 0 bridgehead atoms. The topological polar surface area (TPSA) is 379 Å². The van der Waals surface area contributed by atoms with Gasteiger partial charge in [-0.1, -0.05) is 35.0 Å². The Labute approximate surface area is 486 Å². The van der Waals surface area contributed by atoms with Crippen molar-refractivity contribution in [3.8, 4) is 5.75 Å². The van der Waals surface area contributed by atoms with Crippen LogP contribution in [-0.2, 0) is 76.4 Å². The second-order valence-corrected chi connectivity index (χ2v) is 20.6. The highest BCUT2D eigenvalue weighted by Gasteiger charge is 2.51. The number of rotatable bonds is 42. The number of nitrogens with one attached hydrogen (secondary N) is 1. The lowest BCUT2D eigenvalue weighted by Gasteiger charge is -2.32. The van der Waals surface area contributed by atoms with Gasteiger partial charge in [0.05, 0.1) is 155 Å². The average molecular weight is 1240 g/mol. The molecule has 34 heteroatoms. The third-order valence-electron chi connectivity index (χ3n) is 12.1. The maximum absolute atomic E-state index is 12.3. The van der Waals surface area contributed by atoms with E-state index in [1.807, 2.05) is 17.0 Å². The molecule has 460 valence electrons. The minimum Gasteiger partial charge on any atom is -0.410 e. The maximum Gasteiger partial charge on any atom is 0.412 e. The Balaban J connectivity index is 0.786. The molecule has 0 saturated carbocycles. The third kappa shape index (κ3) is 21.4. The third-order valence-corrected chi connectivity index (χ3v) is 14.1. The van der Waals surface area contributed by atoms with E-state index in [1.165, 1.54) is 42.3 Å². The number of carbonyl (C=O) groups is 1. The molecule has 5 atom stereocenters. The van der Waals surface area contributed by atoms with Crippen molar-refractivity contribution in [1.29, 1.82) is 0 Å². The van der Waals surface area contributed by atoms with Crippen molar-refractivity contribution < 1.29 is 96.2 Å². The Bertz CT molecular complexity index is 2770. The second-order valence-electron chi connectivity index (χ2n) is 18.0.